The smallest absolute Gasteiger partial charge is 0.255 e. The number of hydrogen-bond donors (Lipinski definition) is 0. The summed E-state index contributed by atoms with van der Waals surface area (Å²) in [5.41, 5.74) is 3.19. The number of amides is 1. The molecule has 1 aliphatic rings. The first-order valence-electron chi connectivity index (χ1n) is 7.05. The molecule has 0 N–H and O–H groups in total. The van der Waals surface area contributed by atoms with Crippen molar-refractivity contribution in [3.63, 3.8) is 0 Å². The maximum absolute atomic E-state index is 12.6. The molecular formula is C17H18N2O2. The number of carbonyl (C=O) groups excluding carboxylic acids is 1. The molecule has 4 heteroatoms. The van der Waals surface area contributed by atoms with Gasteiger partial charge in [0.05, 0.1) is 18.7 Å². The highest BCUT2D eigenvalue weighted by molar-refractivity contribution is 5.94. The Labute approximate surface area is 124 Å². The van der Waals surface area contributed by atoms with Crippen molar-refractivity contribution < 1.29 is 9.53 Å². The number of nitrogens with zero attached hydrogens (tertiary/aromatic N) is 2. The van der Waals surface area contributed by atoms with Crippen LogP contribution in [0.1, 0.15) is 33.9 Å². The first kappa shape index (κ1) is 13.6. The Balaban J connectivity index is 1.82. The largest absolute Gasteiger partial charge is 0.481 e. The van der Waals surface area contributed by atoms with E-state index in [0.717, 1.165) is 12.8 Å². The number of ether oxygens (including phenoxy) is 1. The summed E-state index contributed by atoms with van der Waals surface area (Å²) in [6.45, 7) is 0. The molecule has 0 saturated heterocycles. The van der Waals surface area contributed by atoms with E-state index in [0.29, 0.717) is 11.4 Å². The van der Waals surface area contributed by atoms with Crippen molar-refractivity contribution in [1.29, 1.82) is 0 Å². The number of rotatable bonds is 3. The van der Waals surface area contributed by atoms with Crippen LogP contribution in [0.15, 0.2) is 42.6 Å². The summed E-state index contributed by atoms with van der Waals surface area (Å²) in [5, 5.41) is 0. The van der Waals surface area contributed by atoms with E-state index in [1.165, 1.54) is 11.1 Å². The highest BCUT2D eigenvalue weighted by Crippen LogP contribution is 2.35. The van der Waals surface area contributed by atoms with Crippen LogP contribution in [0.2, 0.25) is 0 Å². The van der Waals surface area contributed by atoms with E-state index >= 15 is 0 Å². The molecule has 2 aromatic rings. The maximum atomic E-state index is 12.6. The number of benzene rings is 1. The van der Waals surface area contributed by atoms with Crippen molar-refractivity contribution in [2.75, 3.05) is 14.2 Å². The minimum atomic E-state index is -0.00754. The third-order valence-corrected chi connectivity index (χ3v) is 4.08. The van der Waals surface area contributed by atoms with Gasteiger partial charge in [0, 0.05) is 19.3 Å². The van der Waals surface area contributed by atoms with Crippen molar-refractivity contribution in [2.24, 2.45) is 0 Å². The molecule has 1 unspecified atom stereocenters. The number of pyridine rings is 1. The molecule has 1 heterocycles. The van der Waals surface area contributed by atoms with Crippen molar-refractivity contribution >= 4 is 5.91 Å². The Kier molecular flexibility index (Phi) is 3.60. The van der Waals surface area contributed by atoms with Gasteiger partial charge in [0.1, 0.15) is 0 Å². The van der Waals surface area contributed by atoms with Crippen molar-refractivity contribution in [1.82, 2.24) is 9.88 Å². The fraction of sp³-hybridized carbons (Fsp3) is 0.294. The zero-order valence-electron chi connectivity index (χ0n) is 12.2. The summed E-state index contributed by atoms with van der Waals surface area (Å²) in [6.07, 6.45) is 3.57. The van der Waals surface area contributed by atoms with Gasteiger partial charge in [-0.15, -0.1) is 0 Å². The van der Waals surface area contributed by atoms with Gasteiger partial charge < -0.3 is 9.64 Å². The van der Waals surface area contributed by atoms with E-state index in [-0.39, 0.29) is 11.9 Å². The van der Waals surface area contributed by atoms with E-state index in [2.05, 4.69) is 23.2 Å². The third kappa shape index (κ3) is 2.49. The van der Waals surface area contributed by atoms with Gasteiger partial charge in [0.15, 0.2) is 0 Å². The summed E-state index contributed by atoms with van der Waals surface area (Å²) >= 11 is 0. The molecule has 0 radical (unpaired) electrons. The number of hydrogen-bond acceptors (Lipinski definition) is 3. The zero-order chi connectivity index (χ0) is 14.8. The molecule has 1 aromatic heterocycles. The molecule has 108 valence electrons. The normalized spacial score (nSPS) is 16.4. The van der Waals surface area contributed by atoms with E-state index in [1.54, 1.807) is 25.4 Å². The Morgan fingerprint density at radius 2 is 2.10 bits per heavy atom. The van der Waals surface area contributed by atoms with Gasteiger partial charge >= 0.3 is 0 Å². The summed E-state index contributed by atoms with van der Waals surface area (Å²) in [5.74, 6) is 0.507. The minimum Gasteiger partial charge on any atom is -0.481 e. The molecule has 1 atom stereocenters. The molecule has 0 bridgehead atoms. The van der Waals surface area contributed by atoms with Gasteiger partial charge in [-0.1, -0.05) is 24.3 Å². The third-order valence-electron chi connectivity index (χ3n) is 4.08. The lowest BCUT2D eigenvalue weighted by atomic mass is 10.1. The van der Waals surface area contributed by atoms with Crippen LogP contribution in [-0.2, 0) is 6.42 Å². The van der Waals surface area contributed by atoms with Gasteiger partial charge in [-0.25, -0.2) is 4.98 Å². The predicted molar refractivity (Wildman–Crippen MR) is 80.4 cm³/mol. The molecule has 1 aromatic carbocycles. The van der Waals surface area contributed by atoms with Crippen LogP contribution in [0, 0.1) is 0 Å². The van der Waals surface area contributed by atoms with Crippen LogP contribution in [0.4, 0.5) is 0 Å². The summed E-state index contributed by atoms with van der Waals surface area (Å²) in [6, 6.07) is 12.0. The molecule has 0 spiro atoms. The van der Waals surface area contributed by atoms with Crippen LogP contribution in [-0.4, -0.2) is 29.9 Å². The van der Waals surface area contributed by atoms with E-state index in [1.807, 2.05) is 18.0 Å². The van der Waals surface area contributed by atoms with Crippen molar-refractivity contribution in [2.45, 2.75) is 18.9 Å². The SMILES string of the molecule is COc1ccc(C(=O)N(C)C2CCc3ccccc32)cn1. The number of aryl methyl sites for hydroxylation is 1. The number of carbonyl (C=O) groups is 1. The first-order chi connectivity index (χ1) is 10.2. The molecule has 0 saturated carbocycles. The standard InChI is InChI=1S/C17H18N2O2/c1-19(15-9-7-12-5-3-4-6-14(12)15)17(20)13-8-10-16(21-2)18-11-13/h3-6,8,10-11,15H,7,9H2,1-2H3. The van der Waals surface area contributed by atoms with E-state index < -0.39 is 0 Å². The molecule has 4 nitrogen and oxygen atoms in total. The average molecular weight is 282 g/mol. The maximum Gasteiger partial charge on any atom is 0.255 e. The Morgan fingerprint density at radius 1 is 1.29 bits per heavy atom. The monoisotopic (exact) mass is 282 g/mol. The van der Waals surface area contributed by atoms with Crippen LogP contribution in [0.5, 0.6) is 5.88 Å². The molecule has 1 amide bonds. The number of methoxy groups -OCH3 is 1. The predicted octanol–water partition coefficient (Wildman–Crippen LogP) is 2.85. The number of fused-ring (bicyclic) bond motifs is 1. The Hall–Kier alpha value is -2.36. The van der Waals surface area contributed by atoms with Crippen LogP contribution in [0.3, 0.4) is 0 Å². The fourth-order valence-corrected chi connectivity index (χ4v) is 2.91. The lowest BCUT2D eigenvalue weighted by molar-refractivity contribution is 0.0730. The summed E-state index contributed by atoms with van der Waals surface area (Å²) < 4.78 is 5.02. The average Bonchev–Trinajstić information content (AvgIpc) is 2.97. The zero-order valence-corrected chi connectivity index (χ0v) is 12.2. The fourth-order valence-electron chi connectivity index (χ4n) is 2.91. The van der Waals surface area contributed by atoms with Gasteiger partial charge in [0.2, 0.25) is 5.88 Å². The van der Waals surface area contributed by atoms with Crippen LogP contribution < -0.4 is 4.74 Å². The second-order valence-electron chi connectivity index (χ2n) is 5.26. The van der Waals surface area contributed by atoms with Gasteiger partial charge in [-0.05, 0) is 30.0 Å². The highest BCUT2D eigenvalue weighted by atomic mass is 16.5. The lowest BCUT2D eigenvalue weighted by Crippen LogP contribution is -2.30. The molecular weight excluding hydrogens is 264 g/mol. The topological polar surface area (TPSA) is 42.4 Å². The molecule has 1 aliphatic carbocycles. The number of aromatic nitrogens is 1. The van der Waals surface area contributed by atoms with Gasteiger partial charge in [0.25, 0.3) is 5.91 Å². The van der Waals surface area contributed by atoms with Crippen LogP contribution >= 0.6 is 0 Å². The highest BCUT2D eigenvalue weighted by Gasteiger charge is 2.28. The molecule has 21 heavy (non-hydrogen) atoms. The first-order valence-corrected chi connectivity index (χ1v) is 7.05. The molecule has 0 fully saturated rings. The van der Waals surface area contributed by atoms with Gasteiger partial charge in [-0.3, -0.25) is 4.79 Å². The van der Waals surface area contributed by atoms with Crippen molar-refractivity contribution in [3.8, 4) is 5.88 Å². The minimum absolute atomic E-state index is 0.00754. The van der Waals surface area contributed by atoms with Crippen molar-refractivity contribution in [3.05, 3.63) is 59.3 Å². The summed E-state index contributed by atoms with van der Waals surface area (Å²) in [7, 11) is 3.42. The lowest BCUT2D eigenvalue weighted by Gasteiger charge is -2.25. The molecule has 3 rings (SSSR count). The van der Waals surface area contributed by atoms with E-state index in [4.69, 9.17) is 4.74 Å². The van der Waals surface area contributed by atoms with Crippen LogP contribution in [0.25, 0.3) is 0 Å². The Bertz CT molecular complexity index is 652. The molecule has 0 aliphatic heterocycles. The van der Waals surface area contributed by atoms with Gasteiger partial charge in [-0.2, -0.15) is 0 Å². The Morgan fingerprint density at radius 3 is 2.81 bits per heavy atom. The summed E-state index contributed by atoms with van der Waals surface area (Å²) in [4.78, 5) is 18.5. The second kappa shape index (κ2) is 5.56. The quantitative estimate of drug-likeness (QED) is 0.869. The second-order valence-corrected chi connectivity index (χ2v) is 5.26. The van der Waals surface area contributed by atoms with E-state index in [9.17, 15) is 4.79 Å².